The first kappa shape index (κ1) is 8.90. The highest BCUT2D eigenvalue weighted by atomic mass is 32.2. The number of hydrogen-bond acceptors (Lipinski definition) is 4. The standard InChI is InChI=1S/C3H7O4S2/c4-8(5)2-1-3-9(6)7/h1,8-9H,2-3H2. The van der Waals surface area contributed by atoms with Crippen LogP contribution in [0.3, 0.4) is 0 Å². The van der Waals surface area contributed by atoms with E-state index in [0.29, 0.717) is 0 Å². The van der Waals surface area contributed by atoms with Crippen LogP contribution < -0.4 is 0 Å². The van der Waals surface area contributed by atoms with Crippen molar-refractivity contribution >= 4 is 21.4 Å². The normalized spacial score (nSPS) is 10.9. The molecule has 0 aromatic carbocycles. The van der Waals surface area contributed by atoms with Gasteiger partial charge in [-0.25, -0.2) is 16.8 Å². The minimum atomic E-state index is -2.45. The van der Waals surface area contributed by atoms with E-state index in [4.69, 9.17) is 0 Å². The summed E-state index contributed by atoms with van der Waals surface area (Å²) >= 11 is 0. The van der Waals surface area contributed by atoms with Crippen molar-refractivity contribution in [1.29, 1.82) is 0 Å². The lowest BCUT2D eigenvalue weighted by atomic mass is 10.6. The zero-order valence-corrected chi connectivity index (χ0v) is 6.31. The van der Waals surface area contributed by atoms with Gasteiger partial charge < -0.3 is 0 Å². The molecule has 9 heavy (non-hydrogen) atoms. The van der Waals surface area contributed by atoms with Gasteiger partial charge in [-0.3, -0.25) is 0 Å². The molecule has 0 aliphatic heterocycles. The highest BCUT2D eigenvalue weighted by Gasteiger charge is 1.89. The monoisotopic (exact) mass is 171 g/mol. The molecule has 1 radical (unpaired) electrons. The van der Waals surface area contributed by atoms with Crippen LogP contribution in [0, 0.1) is 6.42 Å². The summed E-state index contributed by atoms with van der Waals surface area (Å²) in [6, 6.07) is 0. The van der Waals surface area contributed by atoms with Crippen LogP contribution in [0.25, 0.3) is 0 Å². The molecule has 0 aliphatic rings. The molecule has 0 atom stereocenters. The molecule has 0 amide bonds. The number of thiol groups is 2. The second-order valence-corrected chi connectivity index (χ2v) is 3.38. The van der Waals surface area contributed by atoms with Gasteiger partial charge in [0.2, 0.25) is 0 Å². The zero-order chi connectivity index (χ0) is 7.28. The molecule has 0 unspecified atom stereocenters. The maximum atomic E-state index is 9.79. The number of hydrogen-bond donors (Lipinski definition) is 2. The van der Waals surface area contributed by atoms with E-state index < -0.39 is 21.4 Å². The summed E-state index contributed by atoms with van der Waals surface area (Å²) < 4.78 is 39.2. The third-order valence-electron chi connectivity index (χ3n) is 0.556. The van der Waals surface area contributed by atoms with E-state index in [1.807, 2.05) is 0 Å². The van der Waals surface area contributed by atoms with Gasteiger partial charge in [-0.15, -0.1) is 0 Å². The van der Waals surface area contributed by atoms with Crippen LogP contribution in [0.5, 0.6) is 0 Å². The Hall–Kier alpha value is -0.100. The molecular formula is C3H7O4S2. The van der Waals surface area contributed by atoms with Crippen LogP contribution in [0.4, 0.5) is 0 Å². The summed E-state index contributed by atoms with van der Waals surface area (Å²) in [5.41, 5.74) is 0. The van der Waals surface area contributed by atoms with Crippen molar-refractivity contribution in [3.63, 3.8) is 0 Å². The van der Waals surface area contributed by atoms with Crippen molar-refractivity contribution in [2.45, 2.75) is 0 Å². The minimum Gasteiger partial charge on any atom is -0.232 e. The van der Waals surface area contributed by atoms with Gasteiger partial charge in [0, 0.05) is 0 Å². The van der Waals surface area contributed by atoms with Crippen LogP contribution in [0.15, 0.2) is 0 Å². The van der Waals surface area contributed by atoms with Crippen LogP contribution in [-0.4, -0.2) is 28.3 Å². The molecule has 0 heterocycles. The molecule has 0 saturated heterocycles. The van der Waals surface area contributed by atoms with Gasteiger partial charge in [-0.05, 0) is 6.42 Å². The largest absolute Gasteiger partial charge is 0.232 e. The molecule has 0 aromatic heterocycles. The fourth-order valence-electron chi connectivity index (χ4n) is 0.269. The van der Waals surface area contributed by atoms with Crippen LogP contribution in [-0.2, 0) is 21.4 Å². The smallest absolute Gasteiger partial charge is 0.140 e. The summed E-state index contributed by atoms with van der Waals surface area (Å²) in [4.78, 5) is 0. The predicted octanol–water partition coefficient (Wildman–Crippen LogP) is -1.59. The first-order chi connectivity index (χ1) is 4.13. The molecule has 0 spiro atoms. The maximum absolute atomic E-state index is 9.79. The molecule has 0 saturated carbocycles. The molecule has 0 N–H and O–H groups in total. The van der Waals surface area contributed by atoms with Crippen molar-refractivity contribution in [2.75, 3.05) is 11.5 Å². The zero-order valence-electron chi connectivity index (χ0n) is 4.52. The summed E-state index contributed by atoms with van der Waals surface area (Å²) in [5.74, 6) is -0.308. The van der Waals surface area contributed by atoms with Gasteiger partial charge in [-0.2, -0.15) is 0 Å². The molecule has 0 bridgehead atoms. The highest BCUT2D eigenvalue weighted by molar-refractivity contribution is 7.73. The summed E-state index contributed by atoms with van der Waals surface area (Å²) in [7, 11) is -4.91. The van der Waals surface area contributed by atoms with E-state index in [9.17, 15) is 16.8 Å². The lowest BCUT2D eigenvalue weighted by molar-refractivity contribution is 0.614. The van der Waals surface area contributed by atoms with Gasteiger partial charge in [0.05, 0.1) is 11.5 Å². The first-order valence-corrected chi connectivity index (χ1v) is 4.90. The molecule has 0 aromatic rings. The Labute approximate surface area is 56.8 Å². The Balaban J connectivity index is 3.31. The third kappa shape index (κ3) is 7.90. The topological polar surface area (TPSA) is 68.3 Å². The fourth-order valence-corrected chi connectivity index (χ4v) is 1.15. The van der Waals surface area contributed by atoms with Gasteiger partial charge in [-0.1, -0.05) is 0 Å². The Morgan fingerprint density at radius 1 is 0.889 bits per heavy atom. The Morgan fingerprint density at radius 3 is 1.44 bits per heavy atom. The molecule has 0 aliphatic carbocycles. The Kier molecular flexibility index (Phi) is 4.70. The van der Waals surface area contributed by atoms with E-state index in [0.717, 1.165) is 0 Å². The van der Waals surface area contributed by atoms with E-state index in [-0.39, 0.29) is 11.5 Å². The molecule has 6 heteroatoms. The first-order valence-electron chi connectivity index (χ1n) is 2.18. The molecule has 0 rings (SSSR count). The van der Waals surface area contributed by atoms with E-state index in [1.54, 1.807) is 0 Å². The Morgan fingerprint density at radius 2 is 1.22 bits per heavy atom. The molecular weight excluding hydrogens is 164 g/mol. The second kappa shape index (κ2) is 4.75. The van der Waals surface area contributed by atoms with Gasteiger partial charge >= 0.3 is 0 Å². The van der Waals surface area contributed by atoms with Crippen molar-refractivity contribution < 1.29 is 16.8 Å². The van der Waals surface area contributed by atoms with Crippen molar-refractivity contribution in [3.8, 4) is 0 Å². The minimum absolute atomic E-state index is 0.154. The molecule has 0 fully saturated rings. The van der Waals surface area contributed by atoms with Gasteiger partial charge in [0.15, 0.2) is 0 Å². The van der Waals surface area contributed by atoms with Crippen molar-refractivity contribution in [2.24, 2.45) is 0 Å². The average molecular weight is 171 g/mol. The second-order valence-electron chi connectivity index (χ2n) is 1.32. The van der Waals surface area contributed by atoms with E-state index in [1.165, 1.54) is 6.42 Å². The summed E-state index contributed by atoms with van der Waals surface area (Å²) in [6.07, 6.45) is 1.21. The number of rotatable bonds is 4. The summed E-state index contributed by atoms with van der Waals surface area (Å²) in [6.45, 7) is 0. The quantitative estimate of drug-likeness (QED) is 0.501. The van der Waals surface area contributed by atoms with E-state index in [2.05, 4.69) is 0 Å². The van der Waals surface area contributed by atoms with Gasteiger partial charge in [0.25, 0.3) is 0 Å². The average Bonchev–Trinajstić information content (AvgIpc) is 1.63. The highest BCUT2D eigenvalue weighted by Crippen LogP contribution is 1.77. The SMILES string of the molecule is O=[SH](=O)C[CH]C[SH](=O)=O. The summed E-state index contributed by atoms with van der Waals surface area (Å²) in [5, 5.41) is 0. The van der Waals surface area contributed by atoms with Crippen LogP contribution in [0.2, 0.25) is 0 Å². The van der Waals surface area contributed by atoms with Crippen molar-refractivity contribution in [3.05, 3.63) is 6.42 Å². The predicted molar refractivity (Wildman–Crippen MR) is 34.7 cm³/mol. The lowest BCUT2D eigenvalue weighted by Crippen LogP contribution is -1.94. The third-order valence-corrected chi connectivity index (χ3v) is 1.67. The van der Waals surface area contributed by atoms with Crippen LogP contribution in [0.1, 0.15) is 0 Å². The Bertz CT molecular complexity index is 164. The van der Waals surface area contributed by atoms with Gasteiger partial charge in [0.1, 0.15) is 21.4 Å². The maximum Gasteiger partial charge on any atom is 0.140 e. The molecule has 4 nitrogen and oxygen atoms in total. The van der Waals surface area contributed by atoms with Crippen LogP contribution >= 0.6 is 0 Å². The van der Waals surface area contributed by atoms with Crippen molar-refractivity contribution in [1.82, 2.24) is 0 Å². The fraction of sp³-hybridized carbons (Fsp3) is 0.667. The van der Waals surface area contributed by atoms with E-state index >= 15 is 0 Å². The lowest BCUT2D eigenvalue weighted by Gasteiger charge is -1.81. The molecule has 55 valence electrons.